The molecule has 0 bridgehead atoms. The highest BCUT2D eigenvalue weighted by atomic mass is 14.7. The van der Waals surface area contributed by atoms with E-state index in [0.717, 1.165) is 0 Å². The molecule has 0 spiro atoms. The number of nitriles is 2. The lowest BCUT2D eigenvalue weighted by Crippen LogP contribution is -1.90. The van der Waals surface area contributed by atoms with Crippen LogP contribution in [0.3, 0.4) is 0 Å². The van der Waals surface area contributed by atoms with Crippen LogP contribution in [0.15, 0.2) is 6.04 Å². The van der Waals surface area contributed by atoms with E-state index >= 15 is 0 Å². The number of benzene rings is 1. The number of hydrogen-bond donors (Lipinski definition) is 0. The third kappa shape index (κ3) is 1.30. The van der Waals surface area contributed by atoms with Crippen LogP contribution in [-0.2, 0) is 0 Å². The Bertz CT molecular complexity index is 451. The van der Waals surface area contributed by atoms with Crippen LogP contribution in [0.2, 0.25) is 0 Å². The summed E-state index contributed by atoms with van der Waals surface area (Å²) in [6.45, 7) is 10.2. The Kier molecular flexibility index (Phi) is 2.14. The average Bonchev–Trinajstić information content (AvgIpc) is 2.19. The molecule has 0 aromatic heterocycles. The summed E-state index contributed by atoms with van der Waals surface area (Å²) < 4.78 is 7.65. The van der Waals surface area contributed by atoms with Crippen LogP contribution >= 0.6 is 0 Å². The van der Waals surface area contributed by atoms with Crippen molar-refractivity contribution in [1.29, 1.82) is 10.5 Å². The molecule has 0 radical (unpaired) electrons. The summed E-state index contributed by atoms with van der Waals surface area (Å²) in [5, 5.41) is 17.7. The van der Waals surface area contributed by atoms with E-state index < -0.39 is 0 Å². The second-order valence-corrected chi connectivity index (χ2v) is 2.81. The van der Waals surface area contributed by atoms with Crippen molar-refractivity contribution in [3.8, 4) is 12.1 Å². The lowest BCUT2D eigenvalue weighted by Gasteiger charge is -2.05. The topological polar surface area (TPSA) is 51.9 Å². The molecule has 0 aliphatic heterocycles. The third-order valence-electron chi connectivity index (χ3n) is 2.05. The van der Waals surface area contributed by atoms with Crippen molar-refractivity contribution in [2.24, 2.45) is 0 Å². The number of hydrogen-bond acceptors (Lipinski definition) is 2. The molecular formula is C11H7N3. The standard InChI is InChI=1S/C11H7N3/c1-7-9(5-12)4-10(6-13)8(2)11(7)14-3/h4H,1-2H3/i4D. The largest absolute Gasteiger partial charge is 0.238 e. The van der Waals surface area contributed by atoms with Crippen molar-refractivity contribution in [1.82, 2.24) is 0 Å². The Morgan fingerprint density at radius 2 is 1.71 bits per heavy atom. The Morgan fingerprint density at radius 3 is 2.00 bits per heavy atom. The smallest absolute Gasteiger partial charge is 0.195 e. The summed E-state index contributed by atoms with van der Waals surface area (Å²) >= 11 is 0. The van der Waals surface area contributed by atoms with E-state index in [0.29, 0.717) is 16.8 Å². The van der Waals surface area contributed by atoms with Crippen LogP contribution < -0.4 is 0 Å². The van der Waals surface area contributed by atoms with Crippen molar-refractivity contribution in [2.45, 2.75) is 13.8 Å². The van der Waals surface area contributed by atoms with Gasteiger partial charge in [-0.05, 0) is 31.0 Å². The summed E-state index contributed by atoms with van der Waals surface area (Å²) in [5.41, 5.74) is 1.49. The van der Waals surface area contributed by atoms with Crippen LogP contribution in [0, 0.1) is 43.1 Å². The predicted octanol–water partition coefficient (Wildman–Crippen LogP) is 2.60. The zero-order valence-corrected chi connectivity index (χ0v) is 7.84. The fraction of sp³-hybridized carbons (Fsp3) is 0.182. The third-order valence-corrected chi connectivity index (χ3v) is 2.05. The molecule has 1 aromatic carbocycles. The SMILES string of the molecule is [2H]c1c(C#N)c(C)c([N+]#[C-])c(C)c1C#N. The summed E-state index contributed by atoms with van der Waals surface area (Å²) in [6.07, 6.45) is 0. The minimum Gasteiger partial charge on any atom is -0.238 e. The van der Waals surface area contributed by atoms with E-state index in [9.17, 15) is 0 Å². The number of rotatable bonds is 0. The molecule has 0 fully saturated rings. The summed E-state index contributed by atoms with van der Waals surface area (Å²) in [7, 11) is 0. The maximum atomic E-state index is 8.85. The highest BCUT2D eigenvalue weighted by Gasteiger charge is 2.11. The first-order valence-electron chi connectivity index (χ1n) is 4.39. The Balaban J connectivity index is 3.88. The zero-order valence-electron chi connectivity index (χ0n) is 8.84. The van der Waals surface area contributed by atoms with Gasteiger partial charge in [-0.1, -0.05) is 0 Å². The second-order valence-electron chi connectivity index (χ2n) is 2.81. The molecule has 14 heavy (non-hydrogen) atoms. The Labute approximate surface area is 84.0 Å². The van der Waals surface area contributed by atoms with Crippen molar-refractivity contribution in [3.63, 3.8) is 0 Å². The number of nitrogens with zero attached hydrogens (tertiary/aromatic N) is 3. The highest BCUT2D eigenvalue weighted by molar-refractivity contribution is 5.67. The van der Waals surface area contributed by atoms with Crippen LogP contribution in [0.4, 0.5) is 5.69 Å². The van der Waals surface area contributed by atoms with Crippen LogP contribution in [0.25, 0.3) is 4.85 Å². The van der Waals surface area contributed by atoms with Crippen molar-refractivity contribution >= 4 is 5.69 Å². The van der Waals surface area contributed by atoms with Crippen LogP contribution in [0.1, 0.15) is 23.6 Å². The quantitative estimate of drug-likeness (QED) is 0.579. The molecule has 0 unspecified atom stereocenters. The molecule has 0 saturated carbocycles. The molecule has 0 amide bonds. The molecular weight excluding hydrogens is 174 g/mol. The van der Waals surface area contributed by atoms with Crippen molar-refractivity contribution in [3.05, 3.63) is 39.7 Å². The monoisotopic (exact) mass is 182 g/mol. The van der Waals surface area contributed by atoms with Gasteiger partial charge in [-0.25, -0.2) is 4.85 Å². The molecule has 3 heteroatoms. The average molecular weight is 182 g/mol. The molecule has 0 aliphatic carbocycles. The molecule has 0 heterocycles. The Morgan fingerprint density at radius 1 is 1.29 bits per heavy atom. The molecule has 0 saturated heterocycles. The summed E-state index contributed by atoms with van der Waals surface area (Å²) in [4.78, 5) is 3.29. The van der Waals surface area contributed by atoms with E-state index in [1.165, 1.54) is 0 Å². The first kappa shape index (κ1) is 8.30. The minimum atomic E-state index is -0.0811. The van der Waals surface area contributed by atoms with E-state index in [4.69, 9.17) is 18.5 Å². The molecule has 0 atom stereocenters. The van der Waals surface area contributed by atoms with Crippen LogP contribution in [-0.4, -0.2) is 0 Å². The second kappa shape index (κ2) is 3.60. The van der Waals surface area contributed by atoms with Crippen molar-refractivity contribution in [2.75, 3.05) is 0 Å². The molecule has 1 aromatic rings. The normalized spacial score (nSPS) is 9.50. The van der Waals surface area contributed by atoms with Gasteiger partial charge in [0, 0.05) is 11.1 Å². The summed E-state index contributed by atoms with van der Waals surface area (Å²) in [6, 6.07) is 3.64. The first-order chi connectivity index (χ1) is 7.08. The lowest BCUT2D eigenvalue weighted by molar-refractivity contribution is 1.33. The molecule has 3 nitrogen and oxygen atoms in total. The van der Waals surface area contributed by atoms with E-state index in [-0.39, 0.29) is 17.2 Å². The van der Waals surface area contributed by atoms with Crippen LogP contribution in [0.5, 0.6) is 0 Å². The fourth-order valence-corrected chi connectivity index (χ4v) is 1.22. The van der Waals surface area contributed by atoms with Gasteiger partial charge in [0.25, 0.3) is 0 Å². The van der Waals surface area contributed by atoms with Gasteiger partial charge < -0.3 is 0 Å². The highest BCUT2D eigenvalue weighted by Crippen LogP contribution is 2.29. The van der Waals surface area contributed by atoms with Gasteiger partial charge in [0.05, 0.1) is 20.1 Å². The van der Waals surface area contributed by atoms with Gasteiger partial charge in [-0.3, -0.25) is 0 Å². The van der Waals surface area contributed by atoms with E-state index in [1.54, 1.807) is 13.8 Å². The van der Waals surface area contributed by atoms with Crippen molar-refractivity contribution < 1.29 is 1.37 Å². The minimum absolute atomic E-state index is 0.0811. The van der Waals surface area contributed by atoms with Gasteiger partial charge in [0.2, 0.25) is 0 Å². The molecule has 0 aliphatic rings. The van der Waals surface area contributed by atoms with E-state index in [2.05, 4.69) is 4.85 Å². The van der Waals surface area contributed by atoms with Gasteiger partial charge in [-0.15, -0.1) is 0 Å². The van der Waals surface area contributed by atoms with E-state index in [1.807, 2.05) is 12.1 Å². The van der Waals surface area contributed by atoms with Gasteiger partial charge >= 0.3 is 0 Å². The Hall–Kier alpha value is -2.31. The lowest BCUT2D eigenvalue weighted by atomic mass is 9.99. The molecule has 66 valence electrons. The fourth-order valence-electron chi connectivity index (χ4n) is 1.22. The van der Waals surface area contributed by atoms with Gasteiger partial charge in [0.15, 0.2) is 5.69 Å². The maximum absolute atomic E-state index is 8.85. The zero-order chi connectivity index (χ0) is 11.6. The molecule has 0 N–H and O–H groups in total. The first-order valence-corrected chi connectivity index (χ1v) is 3.89. The maximum Gasteiger partial charge on any atom is 0.195 e. The summed E-state index contributed by atoms with van der Waals surface area (Å²) in [5.74, 6) is 0. The van der Waals surface area contributed by atoms with Gasteiger partial charge in [0.1, 0.15) is 0 Å². The van der Waals surface area contributed by atoms with Gasteiger partial charge in [-0.2, -0.15) is 10.5 Å². The molecule has 1 rings (SSSR count). The predicted molar refractivity (Wildman–Crippen MR) is 51.6 cm³/mol.